The van der Waals surface area contributed by atoms with Gasteiger partial charge in [-0.05, 0) is 39.3 Å². The molecule has 29 heavy (non-hydrogen) atoms. The summed E-state index contributed by atoms with van der Waals surface area (Å²) < 4.78 is 12.7. The van der Waals surface area contributed by atoms with Crippen LogP contribution in [0.4, 0.5) is 0 Å². The summed E-state index contributed by atoms with van der Waals surface area (Å²) in [4.78, 5) is 21.4. The zero-order chi connectivity index (χ0) is 21.6. The molecule has 0 aliphatic carbocycles. The van der Waals surface area contributed by atoms with Crippen LogP contribution in [0.3, 0.4) is 0 Å². The molecule has 0 spiro atoms. The number of hydrogen-bond acceptors (Lipinski definition) is 7. The van der Waals surface area contributed by atoms with Gasteiger partial charge < -0.3 is 14.6 Å². The number of pyridine rings is 1. The van der Waals surface area contributed by atoms with Crippen LogP contribution in [-0.2, 0) is 22.8 Å². The maximum absolute atomic E-state index is 12.5. The molecule has 0 aliphatic rings. The van der Waals surface area contributed by atoms with Crippen LogP contribution in [0.25, 0.3) is 11.0 Å². The second kappa shape index (κ2) is 7.13. The molecule has 0 atom stereocenters. The van der Waals surface area contributed by atoms with Crippen molar-refractivity contribution in [2.45, 2.75) is 59.4 Å². The fraction of sp³-hybridized carbons (Fsp3) is 0.550. The molecule has 0 aromatic carbocycles. The lowest BCUT2D eigenvalue weighted by molar-refractivity contribution is -0.125. The fourth-order valence-electron chi connectivity index (χ4n) is 3.01. The molecule has 0 radical (unpaired) electrons. The monoisotopic (exact) mass is 400 g/mol. The average molecular weight is 400 g/mol. The Bertz CT molecular complexity index is 1060. The smallest absolute Gasteiger partial charge is 0.258 e. The molecular weight excluding hydrogens is 372 g/mol. The molecule has 0 unspecified atom stereocenters. The lowest BCUT2D eigenvalue weighted by Gasteiger charge is -2.22. The van der Waals surface area contributed by atoms with E-state index in [-0.39, 0.29) is 17.9 Å². The van der Waals surface area contributed by atoms with Crippen molar-refractivity contribution in [2.24, 2.45) is 7.05 Å². The SMILES string of the molecule is Cc1cc(C)c2c(OCC(=O)NC(C)(C)c3noc(C(C)(C)C)n3)nn(C)c2n1. The summed E-state index contributed by atoms with van der Waals surface area (Å²) in [5.41, 5.74) is 1.55. The van der Waals surface area contributed by atoms with Gasteiger partial charge in [0.1, 0.15) is 0 Å². The van der Waals surface area contributed by atoms with E-state index >= 15 is 0 Å². The predicted molar refractivity (Wildman–Crippen MR) is 108 cm³/mol. The van der Waals surface area contributed by atoms with Crippen molar-refractivity contribution in [1.82, 2.24) is 30.2 Å². The van der Waals surface area contributed by atoms with Crippen LogP contribution in [0, 0.1) is 13.8 Å². The van der Waals surface area contributed by atoms with Gasteiger partial charge in [0.2, 0.25) is 11.8 Å². The first-order chi connectivity index (χ1) is 13.4. The lowest BCUT2D eigenvalue weighted by Crippen LogP contribution is -2.44. The summed E-state index contributed by atoms with van der Waals surface area (Å²) in [6, 6.07) is 1.96. The highest BCUT2D eigenvalue weighted by molar-refractivity contribution is 5.85. The molecule has 1 N–H and O–H groups in total. The van der Waals surface area contributed by atoms with Crippen molar-refractivity contribution in [2.75, 3.05) is 6.61 Å². The van der Waals surface area contributed by atoms with E-state index in [0.29, 0.717) is 17.6 Å². The van der Waals surface area contributed by atoms with Crippen LogP contribution in [0.5, 0.6) is 5.88 Å². The van der Waals surface area contributed by atoms with Crippen LogP contribution in [-0.4, -0.2) is 37.4 Å². The fourth-order valence-corrected chi connectivity index (χ4v) is 3.01. The first-order valence-electron chi connectivity index (χ1n) is 9.48. The molecule has 9 nitrogen and oxygen atoms in total. The summed E-state index contributed by atoms with van der Waals surface area (Å²) in [6.07, 6.45) is 0. The van der Waals surface area contributed by atoms with Gasteiger partial charge >= 0.3 is 0 Å². The van der Waals surface area contributed by atoms with Gasteiger partial charge in [-0.2, -0.15) is 4.98 Å². The summed E-state index contributed by atoms with van der Waals surface area (Å²) in [7, 11) is 1.80. The van der Waals surface area contributed by atoms with Crippen LogP contribution >= 0.6 is 0 Å². The minimum Gasteiger partial charge on any atom is -0.466 e. The molecule has 0 saturated carbocycles. The van der Waals surface area contributed by atoms with Gasteiger partial charge in [-0.3, -0.25) is 4.79 Å². The third-order valence-corrected chi connectivity index (χ3v) is 4.51. The van der Waals surface area contributed by atoms with E-state index in [1.54, 1.807) is 11.7 Å². The summed E-state index contributed by atoms with van der Waals surface area (Å²) >= 11 is 0. The van der Waals surface area contributed by atoms with E-state index < -0.39 is 5.54 Å². The summed E-state index contributed by atoms with van der Waals surface area (Å²) in [5, 5.41) is 12.1. The highest BCUT2D eigenvalue weighted by Gasteiger charge is 2.31. The van der Waals surface area contributed by atoms with Crippen molar-refractivity contribution < 1.29 is 14.1 Å². The second-order valence-electron chi connectivity index (χ2n) is 8.84. The van der Waals surface area contributed by atoms with Crippen LogP contribution in [0.15, 0.2) is 10.6 Å². The largest absolute Gasteiger partial charge is 0.466 e. The Labute approximate surface area is 169 Å². The Morgan fingerprint density at radius 2 is 1.90 bits per heavy atom. The molecule has 0 fully saturated rings. The average Bonchev–Trinajstić information content (AvgIpc) is 3.19. The molecule has 156 valence electrons. The highest BCUT2D eigenvalue weighted by atomic mass is 16.5. The second-order valence-corrected chi connectivity index (χ2v) is 8.84. The number of carbonyl (C=O) groups excluding carboxylic acids is 1. The first kappa shape index (κ1) is 20.8. The first-order valence-corrected chi connectivity index (χ1v) is 9.48. The number of aryl methyl sites for hydroxylation is 3. The van der Waals surface area contributed by atoms with E-state index in [2.05, 4.69) is 25.5 Å². The molecule has 3 rings (SSSR count). The zero-order valence-corrected chi connectivity index (χ0v) is 18.2. The van der Waals surface area contributed by atoms with Gasteiger partial charge in [0, 0.05) is 18.2 Å². The van der Waals surface area contributed by atoms with Crippen LogP contribution in [0.2, 0.25) is 0 Å². The Morgan fingerprint density at radius 1 is 1.21 bits per heavy atom. The predicted octanol–water partition coefficient (Wildman–Crippen LogP) is 2.70. The van der Waals surface area contributed by atoms with Gasteiger partial charge in [0.15, 0.2) is 18.1 Å². The van der Waals surface area contributed by atoms with Crippen LogP contribution in [0.1, 0.15) is 57.6 Å². The van der Waals surface area contributed by atoms with E-state index in [9.17, 15) is 4.79 Å². The van der Waals surface area contributed by atoms with Crippen molar-refractivity contribution >= 4 is 16.9 Å². The number of hydrogen-bond donors (Lipinski definition) is 1. The lowest BCUT2D eigenvalue weighted by atomic mass is 9.97. The Hall–Kier alpha value is -2.97. The quantitative estimate of drug-likeness (QED) is 0.701. The Kier molecular flexibility index (Phi) is 5.10. The third kappa shape index (κ3) is 4.23. The maximum Gasteiger partial charge on any atom is 0.258 e. The van der Waals surface area contributed by atoms with Gasteiger partial charge in [-0.15, -0.1) is 5.10 Å². The topological polar surface area (TPSA) is 108 Å². The van der Waals surface area contributed by atoms with Crippen molar-refractivity contribution in [3.63, 3.8) is 0 Å². The van der Waals surface area contributed by atoms with Gasteiger partial charge in [-0.1, -0.05) is 25.9 Å². The zero-order valence-electron chi connectivity index (χ0n) is 18.2. The number of aromatic nitrogens is 5. The van der Waals surface area contributed by atoms with Crippen molar-refractivity contribution in [3.8, 4) is 5.88 Å². The molecule has 0 bridgehead atoms. The molecular formula is C20H28N6O3. The number of nitrogens with zero attached hydrogens (tertiary/aromatic N) is 5. The standard InChI is InChI=1S/C20H28N6O3/c1-11-9-12(2)21-15-14(11)16(24-26(15)8)28-10-13(27)23-20(6,7)17-22-18(29-25-17)19(3,4)5/h9H,10H2,1-8H3,(H,23,27). The number of rotatable bonds is 5. The van der Waals surface area contributed by atoms with Gasteiger partial charge in [0.25, 0.3) is 5.91 Å². The van der Waals surface area contributed by atoms with E-state index in [1.165, 1.54) is 0 Å². The van der Waals surface area contributed by atoms with E-state index in [4.69, 9.17) is 9.26 Å². The van der Waals surface area contributed by atoms with E-state index in [1.807, 2.05) is 54.5 Å². The number of ether oxygens (including phenoxy) is 1. The van der Waals surface area contributed by atoms with Gasteiger partial charge in [-0.25, -0.2) is 9.67 Å². The van der Waals surface area contributed by atoms with Gasteiger partial charge in [0.05, 0.1) is 10.9 Å². The van der Waals surface area contributed by atoms with Crippen molar-refractivity contribution in [3.05, 3.63) is 29.0 Å². The number of amides is 1. The maximum atomic E-state index is 12.5. The third-order valence-electron chi connectivity index (χ3n) is 4.51. The number of fused-ring (bicyclic) bond motifs is 1. The number of carbonyl (C=O) groups is 1. The number of nitrogens with one attached hydrogen (secondary N) is 1. The molecule has 0 saturated heterocycles. The molecule has 9 heteroatoms. The molecule has 3 aromatic heterocycles. The minimum absolute atomic E-state index is 0.188. The molecule has 0 aliphatic heterocycles. The summed E-state index contributed by atoms with van der Waals surface area (Å²) in [5.74, 6) is 1.00. The molecule has 3 heterocycles. The van der Waals surface area contributed by atoms with Crippen molar-refractivity contribution in [1.29, 1.82) is 0 Å². The minimum atomic E-state index is -0.811. The Morgan fingerprint density at radius 3 is 2.52 bits per heavy atom. The normalized spacial score (nSPS) is 12.4. The Balaban J connectivity index is 1.72. The summed E-state index contributed by atoms with van der Waals surface area (Å²) in [6.45, 7) is 13.3. The van der Waals surface area contributed by atoms with Crippen LogP contribution < -0.4 is 10.1 Å². The highest BCUT2D eigenvalue weighted by Crippen LogP contribution is 2.27. The molecule has 1 amide bonds. The molecule has 3 aromatic rings. The van der Waals surface area contributed by atoms with E-state index in [0.717, 1.165) is 22.3 Å².